The van der Waals surface area contributed by atoms with E-state index in [-0.39, 0.29) is 23.2 Å². The number of carbonyl (C=O) groups excluding carboxylic acids is 1. The van der Waals surface area contributed by atoms with Gasteiger partial charge in [-0.05, 0) is 43.5 Å². The van der Waals surface area contributed by atoms with Gasteiger partial charge >= 0.3 is 0 Å². The highest BCUT2D eigenvalue weighted by Crippen LogP contribution is 2.26. The Balaban J connectivity index is 2.16. The molecule has 1 amide bonds. The fourth-order valence-electron chi connectivity index (χ4n) is 2.71. The van der Waals surface area contributed by atoms with Crippen molar-refractivity contribution in [2.75, 3.05) is 11.9 Å². The summed E-state index contributed by atoms with van der Waals surface area (Å²) in [7, 11) is 0. The average molecular weight is 385 g/mol. The third-order valence-corrected chi connectivity index (χ3v) is 4.07. The van der Waals surface area contributed by atoms with Crippen molar-refractivity contribution in [2.45, 2.75) is 46.4 Å². The first-order valence-electron chi connectivity index (χ1n) is 9.40. The van der Waals surface area contributed by atoms with Crippen LogP contribution in [0, 0.1) is 10.1 Å². The molecule has 7 nitrogen and oxygen atoms in total. The van der Waals surface area contributed by atoms with Crippen molar-refractivity contribution in [3.05, 3.63) is 69.3 Å². The summed E-state index contributed by atoms with van der Waals surface area (Å²) in [6.07, 6.45) is 0.948. The van der Waals surface area contributed by atoms with Gasteiger partial charge in [-0.3, -0.25) is 14.9 Å². The number of rotatable bonds is 10. The van der Waals surface area contributed by atoms with Crippen molar-refractivity contribution >= 4 is 17.3 Å². The predicted octanol–water partition coefficient (Wildman–Crippen LogP) is 4.27. The van der Waals surface area contributed by atoms with Crippen LogP contribution in [0.4, 0.5) is 11.4 Å². The summed E-state index contributed by atoms with van der Waals surface area (Å²) in [6, 6.07) is 12.2. The van der Waals surface area contributed by atoms with E-state index in [0.717, 1.165) is 17.5 Å². The zero-order valence-electron chi connectivity index (χ0n) is 16.5. The molecule has 0 heterocycles. The Hall–Kier alpha value is -2.93. The number of benzene rings is 2. The van der Waals surface area contributed by atoms with Gasteiger partial charge in [0.05, 0.1) is 11.5 Å². The van der Waals surface area contributed by atoms with E-state index in [1.807, 2.05) is 38.1 Å². The van der Waals surface area contributed by atoms with Gasteiger partial charge in [-0.1, -0.05) is 31.2 Å². The minimum atomic E-state index is -0.481. The van der Waals surface area contributed by atoms with Crippen molar-refractivity contribution in [3.8, 4) is 0 Å². The lowest BCUT2D eigenvalue weighted by Crippen LogP contribution is -2.30. The number of carbonyl (C=O) groups is 1. The second-order valence-corrected chi connectivity index (χ2v) is 6.79. The summed E-state index contributed by atoms with van der Waals surface area (Å²) in [6.45, 7) is 7.34. The number of amides is 1. The van der Waals surface area contributed by atoms with E-state index >= 15 is 0 Å². The maximum atomic E-state index is 12.1. The Kier molecular flexibility index (Phi) is 7.95. The number of nitro benzene ring substituents is 1. The highest BCUT2D eigenvalue weighted by atomic mass is 16.6. The Morgan fingerprint density at radius 2 is 1.89 bits per heavy atom. The van der Waals surface area contributed by atoms with Crippen LogP contribution in [0.3, 0.4) is 0 Å². The highest BCUT2D eigenvalue weighted by molar-refractivity contribution is 5.95. The molecule has 2 aromatic rings. The summed E-state index contributed by atoms with van der Waals surface area (Å²) >= 11 is 0. The van der Waals surface area contributed by atoms with Gasteiger partial charge in [-0.15, -0.1) is 0 Å². The van der Waals surface area contributed by atoms with Crippen LogP contribution in [-0.2, 0) is 17.9 Å². The monoisotopic (exact) mass is 385 g/mol. The van der Waals surface area contributed by atoms with Gasteiger partial charge in [0.25, 0.3) is 11.6 Å². The predicted molar refractivity (Wildman–Crippen MR) is 109 cm³/mol. The van der Waals surface area contributed by atoms with E-state index in [2.05, 4.69) is 17.6 Å². The van der Waals surface area contributed by atoms with Crippen LogP contribution in [0.1, 0.15) is 48.7 Å². The first kappa shape index (κ1) is 21.4. The molecule has 0 aromatic heterocycles. The number of nitro groups is 1. The van der Waals surface area contributed by atoms with Crippen LogP contribution in [0.5, 0.6) is 0 Å². The van der Waals surface area contributed by atoms with Crippen LogP contribution in [0.2, 0.25) is 0 Å². The van der Waals surface area contributed by atoms with Crippen molar-refractivity contribution in [2.24, 2.45) is 0 Å². The number of anilines is 1. The van der Waals surface area contributed by atoms with Gasteiger partial charge < -0.3 is 15.4 Å². The molecule has 0 atom stereocenters. The van der Waals surface area contributed by atoms with Gasteiger partial charge in [-0.2, -0.15) is 0 Å². The molecule has 0 saturated heterocycles. The quantitative estimate of drug-likeness (QED) is 0.362. The normalized spacial score (nSPS) is 10.7. The van der Waals surface area contributed by atoms with Crippen molar-refractivity contribution in [3.63, 3.8) is 0 Å². The summed E-state index contributed by atoms with van der Waals surface area (Å²) in [5.41, 5.74) is 2.55. The lowest BCUT2D eigenvalue weighted by molar-refractivity contribution is -0.384. The molecule has 2 rings (SSSR count). The molecule has 0 aliphatic heterocycles. The Bertz CT molecular complexity index is 821. The Labute approximate surface area is 165 Å². The molecule has 2 aromatic carbocycles. The maximum absolute atomic E-state index is 12.1. The minimum Gasteiger partial charge on any atom is -0.377 e. The number of hydrogen-bond acceptors (Lipinski definition) is 5. The Morgan fingerprint density at radius 1 is 1.18 bits per heavy atom. The zero-order valence-corrected chi connectivity index (χ0v) is 16.5. The molecule has 0 aliphatic carbocycles. The van der Waals surface area contributed by atoms with Gasteiger partial charge in [0.1, 0.15) is 5.69 Å². The van der Waals surface area contributed by atoms with Gasteiger partial charge in [-0.25, -0.2) is 0 Å². The third-order valence-electron chi connectivity index (χ3n) is 4.07. The van der Waals surface area contributed by atoms with Crippen LogP contribution < -0.4 is 10.6 Å². The molecule has 0 fully saturated rings. The fraction of sp³-hybridized carbons (Fsp3) is 0.381. The second kappa shape index (κ2) is 10.4. The number of nitrogens with zero attached hydrogens (tertiary/aromatic N) is 1. The summed E-state index contributed by atoms with van der Waals surface area (Å²) in [5.74, 6) is -0.330. The van der Waals surface area contributed by atoms with Crippen molar-refractivity contribution < 1.29 is 14.5 Å². The molecule has 7 heteroatoms. The van der Waals surface area contributed by atoms with Crippen molar-refractivity contribution in [1.82, 2.24) is 5.32 Å². The minimum absolute atomic E-state index is 0.0456. The van der Waals surface area contributed by atoms with Crippen LogP contribution in [0.25, 0.3) is 0 Å². The maximum Gasteiger partial charge on any atom is 0.293 e. The van der Waals surface area contributed by atoms with Gasteiger partial charge in [0.15, 0.2) is 0 Å². The molecular formula is C21H27N3O4. The van der Waals surface area contributed by atoms with E-state index < -0.39 is 4.92 Å². The molecule has 150 valence electrons. The smallest absolute Gasteiger partial charge is 0.293 e. The van der Waals surface area contributed by atoms with Crippen molar-refractivity contribution in [1.29, 1.82) is 0 Å². The molecule has 2 N–H and O–H groups in total. The SMILES string of the molecule is CCCOCc1ccccc1CNc1ccc(C(=O)NC(C)C)cc1[N+](=O)[O-]. The number of hydrogen-bond donors (Lipinski definition) is 2. The highest BCUT2D eigenvalue weighted by Gasteiger charge is 2.18. The molecule has 0 saturated carbocycles. The van der Waals surface area contributed by atoms with E-state index in [0.29, 0.717) is 25.4 Å². The van der Waals surface area contributed by atoms with E-state index in [4.69, 9.17) is 4.74 Å². The molecule has 28 heavy (non-hydrogen) atoms. The Morgan fingerprint density at radius 3 is 2.54 bits per heavy atom. The molecule has 0 radical (unpaired) electrons. The standard InChI is InChI=1S/C21H27N3O4/c1-4-11-28-14-18-8-6-5-7-17(18)13-22-19-10-9-16(12-20(19)24(26)27)21(25)23-15(2)3/h5-10,12,15,22H,4,11,13-14H2,1-3H3,(H,23,25). The third kappa shape index (κ3) is 6.06. The molecule has 0 spiro atoms. The summed E-state index contributed by atoms with van der Waals surface area (Å²) in [5, 5.41) is 17.3. The van der Waals surface area contributed by atoms with Gasteiger partial charge in [0.2, 0.25) is 0 Å². The van der Waals surface area contributed by atoms with Crippen LogP contribution in [-0.4, -0.2) is 23.5 Å². The van der Waals surface area contributed by atoms with Gasteiger partial charge in [0, 0.05) is 30.8 Å². The van der Waals surface area contributed by atoms with E-state index in [1.165, 1.54) is 6.07 Å². The number of ether oxygens (including phenoxy) is 1. The first-order valence-corrected chi connectivity index (χ1v) is 9.40. The largest absolute Gasteiger partial charge is 0.377 e. The lowest BCUT2D eigenvalue weighted by Gasteiger charge is -2.13. The topological polar surface area (TPSA) is 93.5 Å². The number of nitrogens with one attached hydrogen (secondary N) is 2. The summed E-state index contributed by atoms with van der Waals surface area (Å²) in [4.78, 5) is 23.1. The van der Waals surface area contributed by atoms with Crippen LogP contribution in [0.15, 0.2) is 42.5 Å². The second-order valence-electron chi connectivity index (χ2n) is 6.79. The zero-order chi connectivity index (χ0) is 20.5. The molecular weight excluding hydrogens is 358 g/mol. The van der Waals surface area contributed by atoms with Crippen LogP contribution >= 0.6 is 0 Å². The molecule has 0 bridgehead atoms. The average Bonchev–Trinajstić information content (AvgIpc) is 2.66. The molecule has 0 unspecified atom stereocenters. The molecule has 0 aliphatic rings. The lowest BCUT2D eigenvalue weighted by atomic mass is 10.1. The van der Waals surface area contributed by atoms with E-state index in [1.54, 1.807) is 12.1 Å². The first-order chi connectivity index (χ1) is 13.4. The fourth-order valence-corrected chi connectivity index (χ4v) is 2.71. The summed E-state index contributed by atoms with van der Waals surface area (Å²) < 4.78 is 5.62. The van der Waals surface area contributed by atoms with E-state index in [9.17, 15) is 14.9 Å².